The van der Waals surface area contributed by atoms with E-state index in [2.05, 4.69) is 28.2 Å². The van der Waals surface area contributed by atoms with Crippen molar-refractivity contribution >= 4 is 50.9 Å². The van der Waals surface area contributed by atoms with Gasteiger partial charge in [0.15, 0.2) is 6.61 Å². The number of rotatable bonds is 12. The topological polar surface area (TPSA) is 58.6 Å². The van der Waals surface area contributed by atoms with Crippen molar-refractivity contribution in [2.45, 2.75) is 38.8 Å². The number of nitrogens with zero attached hydrogens (tertiary/aromatic N) is 1. The van der Waals surface area contributed by atoms with Crippen molar-refractivity contribution in [1.29, 1.82) is 0 Å². The van der Waals surface area contributed by atoms with Gasteiger partial charge < -0.3 is 15.0 Å². The van der Waals surface area contributed by atoms with Crippen LogP contribution in [0.15, 0.2) is 77.3 Å². The molecule has 0 spiro atoms. The normalized spacial score (nSPS) is 11.6. The second kappa shape index (κ2) is 14.3. The molecule has 3 aromatic rings. The maximum atomic E-state index is 13.6. The fourth-order valence-corrected chi connectivity index (χ4v) is 4.38. The summed E-state index contributed by atoms with van der Waals surface area (Å²) in [5.41, 5.74) is 1.64. The molecule has 0 heterocycles. The van der Waals surface area contributed by atoms with Crippen molar-refractivity contribution in [3.8, 4) is 5.75 Å². The molecule has 36 heavy (non-hydrogen) atoms. The molecule has 190 valence electrons. The van der Waals surface area contributed by atoms with E-state index in [9.17, 15) is 9.59 Å². The van der Waals surface area contributed by atoms with Gasteiger partial charge in [-0.05, 0) is 53.9 Å². The van der Waals surface area contributed by atoms with Gasteiger partial charge in [-0.15, -0.1) is 0 Å². The van der Waals surface area contributed by atoms with Gasteiger partial charge in [-0.25, -0.2) is 0 Å². The van der Waals surface area contributed by atoms with Gasteiger partial charge in [-0.3, -0.25) is 9.59 Å². The number of carbonyl (C=O) groups excluding carboxylic acids is 2. The molecular weight excluding hydrogens is 563 g/mol. The van der Waals surface area contributed by atoms with Crippen molar-refractivity contribution in [2.75, 3.05) is 13.2 Å². The van der Waals surface area contributed by atoms with E-state index < -0.39 is 6.04 Å². The Hall–Kier alpha value is -2.54. The van der Waals surface area contributed by atoms with Gasteiger partial charge in [-0.1, -0.05) is 88.9 Å². The molecule has 8 heteroatoms. The highest BCUT2D eigenvalue weighted by atomic mass is 79.9. The van der Waals surface area contributed by atoms with Crippen molar-refractivity contribution in [3.05, 3.63) is 98.4 Å². The summed E-state index contributed by atoms with van der Waals surface area (Å²) >= 11 is 15.9. The minimum atomic E-state index is -0.753. The van der Waals surface area contributed by atoms with Crippen LogP contribution in [0.5, 0.6) is 5.75 Å². The lowest BCUT2D eigenvalue weighted by atomic mass is 10.0. The molecule has 0 aliphatic heterocycles. The number of ether oxygens (including phenoxy) is 1. The first-order valence-electron chi connectivity index (χ1n) is 11.8. The summed E-state index contributed by atoms with van der Waals surface area (Å²) in [4.78, 5) is 28.5. The van der Waals surface area contributed by atoms with Crippen molar-refractivity contribution in [2.24, 2.45) is 0 Å². The zero-order valence-electron chi connectivity index (χ0n) is 20.1. The van der Waals surface area contributed by atoms with Gasteiger partial charge in [0.25, 0.3) is 5.91 Å². The smallest absolute Gasteiger partial charge is 0.261 e. The average Bonchev–Trinajstić information content (AvgIpc) is 2.87. The summed E-state index contributed by atoms with van der Waals surface area (Å²) in [5.74, 6) is 0.0212. The Morgan fingerprint density at radius 1 is 1.03 bits per heavy atom. The minimum absolute atomic E-state index is 0.136. The maximum Gasteiger partial charge on any atom is 0.261 e. The number of hydrogen-bond acceptors (Lipinski definition) is 3. The summed E-state index contributed by atoms with van der Waals surface area (Å²) in [6.07, 6.45) is 2.16. The molecule has 2 amide bonds. The second-order valence-electron chi connectivity index (χ2n) is 8.35. The van der Waals surface area contributed by atoms with Gasteiger partial charge in [0.05, 0.1) is 0 Å². The SMILES string of the molecule is CCCCNC(=O)[C@H](Cc1ccccc1)N(Cc1ccc(Cl)cc1Cl)C(=O)COc1ccc(Br)cc1. The Bertz CT molecular complexity index is 1140. The molecule has 0 bridgehead atoms. The lowest BCUT2D eigenvalue weighted by molar-refractivity contribution is -0.142. The molecule has 0 saturated heterocycles. The van der Waals surface area contributed by atoms with E-state index in [1.54, 1.807) is 35.2 Å². The summed E-state index contributed by atoms with van der Waals surface area (Å²) in [6.45, 7) is 2.52. The first-order chi connectivity index (χ1) is 17.4. The molecule has 1 N–H and O–H groups in total. The summed E-state index contributed by atoms with van der Waals surface area (Å²) in [6, 6.07) is 21.2. The Morgan fingerprint density at radius 2 is 1.75 bits per heavy atom. The summed E-state index contributed by atoms with van der Waals surface area (Å²) in [7, 11) is 0. The molecule has 0 aliphatic rings. The number of carbonyl (C=O) groups is 2. The number of benzene rings is 3. The van der Waals surface area contributed by atoms with Crippen molar-refractivity contribution in [1.82, 2.24) is 10.2 Å². The fraction of sp³-hybridized carbons (Fsp3) is 0.286. The van der Waals surface area contributed by atoms with E-state index >= 15 is 0 Å². The Morgan fingerprint density at radius 3 is 2.42 bits per heavy atom. The van der Waals surface area contributed by atoms with E-state index in [1.807, 2.05) is 42.5 Å². The van der Waals surface area contributed by atoms with Crippen LogP contribution in [0, 0.1) is 0 Å². The van der Waals surface area contributed by atoms with Gasteiger partial charge in [0, 0.05) is 34.0 Å². The van der Waals surface area contributed by atoms with Crippen LogP contribution in [-0.2, 0) is 22.6 Å². The Kier molecular flexibility index (Phi) is 11.1. The lowest BCUT2D eigenvalue weighted by Gasteiger charge is -2.31. The van der Waals surface area contributed by atoms with Crippen LogP contribution in [0.2, 0.25) is 10.0 Å². The largest absolute Gasteiger partial charge is 0.484 e. The molecule has 3 aromatic carbocycles. The summed E-state index contributed by atoms with van der Waals surface area (Å²) < 4.78 is 6.68. The van der Waals surface area contributed by atoms with Crippen molar-refractivity contribution < 1.29 is 14.3 Å². The van der Waals surface area contributed by atoms with Crippen LogP contribution in [0.1, 0.15) is 30.9 Å². The highest BCUT2D eigenvalue weighted by molar-refractivity contribution is 9.10. The van der Waals surface area contributed by atoms with Gasteiger partial charge in [0.1, 0.15) is 11.8 Å². The number of halogens is 3. The van der Waals surface area contributed by atoms with Gasteiger partial charge in [-0.2, -0.15) is 0 Å². The third-order valence-corrected chi connectivity index (χ3v) is 6.75. The van der Waals surface area contributed by atoms with Crippen molar-refractivity contribution in [3.63, 3.8) is 0 Å². The Balaban J connectivity index is 1.90. The molecule has 0 unspecified atom stereocenters. The highest BCUT2D eigenvalue weighted by Crippen LogP contribution is 2.24. The second-order valence-corrected chi connectivity index (χ2v) is 10.1. The van der Waals surface area contributed by atoms with E-state index in [1.165, 1.54) is 0 Å². The molecule has 0 aromatic heterocycles. The first kappa shape index (κ1) is 28.0. The molecule has 3 rings (SSSR count). The standard InChI is InChI=1S/C28H29BrCl2N2O3/c1-2-3-15-32-28(35)26(16-20-7-5-4-6-8-20)33(18-21-9-12-23(30)17-25(21)31)27(34)19-36-24-13-10-22(29)11-14-24/h4-14,17,26H,2-3,15-16,18-19H2,1H3,(H,32,35)/t26-/m0/s1. The van der Waals surface area contributed by atoms with E-state index in [0.29, 0.717) is 34.3 Å². The molecule has 0 radical (unpaired) electrons. The molecule has 0 fully saturated rings. The van der Waals surface area contributed by atoms with Crippen LogP contribution in [0.4, 0.5) is 0 Å². The predicted octanol–water partition coefficient (Wildman–Crippen LogP) is 6.69. The minimum Gasteiger partial charge on any atom is -0.484 e. The zero-order chi connectivity index (χ0) is 25.9. The fourth-order valence-electron chi connectivity index (χ4n) is 3.65. The number of unbranched alkanes of at least 4 members (excludes halogenated alkanes) is 1. The van der Waals surface area contributed by atoms with Gasteiger partial charge >= 0.3 is 0 Å². The van der Waals surface area contributed by atoms with Gasteiger partial charge in [0.2, 0.25) is 5.91 Å². The van der Waals surface area contributed by atoms with Crippen LogP contribution in [-0.4, -0.2) is 35.9 Å². The van der Waals surface area contributed by atoms with E-state index in [4.69, 9.17) is 27.9 Å². The molecule has 1 atom stereocenters. The maximum absolute atomic E-state index is 13.6. The van der Waals surface area contributed by atoms with Crippen LogP contribution >= 0.6 is 39.1 Å². The monoisotopic (exact) mass is 590 g/mol. The van der Waals surface area contributed by atoms with E-state index in [-0.39, 0.29) is 25.0 Å². The third-order valence-electron chi connectivity index (χ3n) is 5.63. The quantitative estimate of drug-likeness (QED) is 0.239. The predicted molar refractivity (Wildman–Crippen MR) is 149 cm³/mol. The number of hydrogen-bond donors (Lipinski definition) is 1. The molecule has 5 nitrogen and oxygen atoms in total. The van der Waals surface area contributed by atoms with E-state index in [0.717, 1.165) is 22.9 Å². The number of amides is 2. The highest BCUT2D eigenvalue weighted by Gasteiger charge is 2.31. The van der Waals surface area contributed by atoms with Crippen LogP contribution in [0.25, 0.3) is 0 Å². The van der Waals surface area contributed by atoms with Crippen LogP contribution in [0.3, 0.4) is 0 Å². The van der Waals surface area contributed by atoms with Crippen LogP contribution < -0.4 is 10.1 Å². The molecular formula is C28H29BrCl2N2O3. The average molecular weight is 592 g/mol. The third kappa shape index (κ3) is 8.54. The lowest BCUT2D eigenvalue weighted by Crippen LogP contribution is -2.51. The zero-order valence-corrected chi connectivity index (χ0v) is 23.2. The Labute approximate surface area is 230 Å². The molecule has 0 saturated carbocycles. The number of nitrogens with one attached hydrogen (secondary N) is 1. The molecule has 0 aliphatic carbocycles. The first-order valence-corrected chi connectivity index (χ1v) is 13.4. The summed E-state index contributed by atoms with van der Waals surface area (Å²) in [5, 5.41) is 3.92.